The summed E-state index contributed by atoms with van der Waals surface area (Å²) in [5, 5.41) is 0. The molecule has 0 N–H and O–H groups in total. The molecule has 4 aromatic rings. The molecule has 0 unspecified atom stereocenters. The molecule has 0 radical (unpaired) electrons. The second-order valence-electron chi connectivity index (χ2n) is 6.01. The summed E-state index contributed by atoms with van der Waals surface area (Å²) in [6, 6.07) is 25.6. The molecular formula is C21H13N2UVW. The normalized spacial score (nSPS) is 12.0. The minimum absolute atomic E-state index is 0.103. The third-order valence-corrected chi connectivity index (χ3v) is 44.1. The van der Waals surface area contributed by atoms with Gasteiger partial charge >= 0.3 is 176 Å². The van der Waals surface area contributed by atoms with E-state index in [0.29, 0.717) is 0 Å². The van der Waals surface area contributed by atoms with Crippen molar-refractivity contribution in [2.24, 2.45) is 0 Å². The minimum atomic E-state index is -0.654. The molecule has 0 spiro atoms. The van der Waals surface area contributed by atoms with Crippen LogP contribution in [0.5, 0.6) is 0 Å². The van der Waals surface area contributed by atoms with Crippen LogP contribution < -0.4 is 2.60 Å². The molecule has 0 saturated heterocycles. The van der Waals surface area contributed by atoms with Gasteiger partial charge in [0, 0.05) is 0 Å². The van der Waals surface area contributed by atoms with E-state index in [4.69, 9.17) is 9.97 Å². The fourth-order valence-corrected chi connectivity index (χ4v) is 44.1. The van der Waals surface area contributed by atoms with Crippen LogP contribution in [-0.4, -0.2) is 14.4 Å². The van der Waals surface area contributed by atoms with Gasteiger partial charge < -0.3 is 0 Å². The van der Waals surface area contributed by atoms with Crippen molar-refractivity contribution < 1.29 is 47.6 Å². The Kier molecular flexibility index (Phi) is 5.10. The molecule has 1 aliphatic heterocycles. The van der Waals surface area contributed by atoms with Gasteiger partial charge in [0.1, 0.15) is 0 Å². The van der Waals surface area contributed by atoms with Gasteiger partial charge in [-0.1, -0.05) is 0 Å². The number of rotatable bonds is 2. The Bertz CT molecular complexity index is 1080. The van der Waals surface area contributed by atoms with E-state index in [1.165, 1.54) is 5.56 Å². The van der Waals surface area contributed by atoms with Gasteiger partial charge in [0.25, 0.3) is 0 Å². The maximum absolute atomic E-state index is 5.11. The van der Waals surface area contributed by atoms with E-state index in [2.05, 4.69) is 71.1 Å². The fourth-order valence-electron chi connectivity index (χ4n) is 3.07. The van der Waals surface area contributed by atoms with Crippen LogP contribution in [0.25, 0.3) is 33.5 Å². The summed E-state index contributed by atoms with van der Waals surface area (Å²) in [6.07, 6.45) is 0. The van der Waals surface area contributed by atoms with Crippen molar-refractivity contribution >= 4 is 18.0 Å². The van der Waals surface area contributed by atoms with Gasteiger partial charge in [-0.2, -0.15) is 0 Å². The first-order valence-corrected chi connectivity index (χ1v) is 26.4. The van der Waals surface area contributed by atoms with Crippen LogP contribution >= 0.6 is 0 Å². The van der Waals surface area contributed by atoms with Crippen LogP contribution in [0.3, 0.4) is 0 Å². The Balaban J connectivity index is 1.82. The van der Waals surface area contributed by atoms with Gasteiger partial charge in [-0.25, -0.2) is 0 Å². The molecular weight excluding hydrogens is 753 g/mol. The summed E-state index contributed by atoms with van der Waals surface area (Å²) in [5.41, 5.74) is 7.86. The standard InChI is InChI=1S/C21H13N2.U.V.W/c1-15-12-13-18-19(14-15)23-21(17-10-6-3-7-11-17)20(22-18)16-8-4-2-5-9-16;;;/h1-11,13-14H;;;. The predicted octanol–water partition coefficient (Wildman–Crippen LogP) is 3.83. The molecule has 0 atom stereocenters. The van der Waals surface area contributed by atoms with Crippen LogP contribution in [-0.2, 0) is 23.6 Å². The molecule has 1 aliphatic rings. The van der Waals surface area contributed by atoms with E-state index in [1.54, 1.807) is 2.60 Å². The Labute approximate surface area is 174 Å². The molecule has 2 nitrogen and oxygen atoms in total. The van der Waals surface area contributed by atoms with Crippen LogP contribution in [0, 0.1) is 24.0 Å². The third kappa shape index (κ3) is 3.37. The van der Waals surface area contributed by atoms with Gasteiger partial charge in [-0.15, -0.1) is 0 Å². The molecule has 1 aromatic heterocycles. The second-order valence-corrected chi connectivity index (χ2v) is 45.4. The number of hydrogen-bond donors (Lipinski definition) is 0. The van der Waals surface area contributed by atoms with Gasteiger partial charge in [0.2, 0.25) is 0 Å². The van der Waals surface area contributed by atoms with Crippen molar-refractivity contribution in [1.82, 2.24) is 9.97 Å². The molecule has 0 saturated carbocycles. The quantitative estimate of drug-likeness (QED) is 0.311. The van der Waals surface area contributed by atoms with E-state index in [1.807, 2.05) is 6.07 Å². The molecule has 5 heteroatoms. The topological polar surface area (TPSA) is 25.8 Å². The number of benzene rings is 3. The van der Waals surface area contributed by atoms with E-state index < -0.39 is 24.0 Å². The molecule has 0 amide bonds. The van der Waals surface area contributed by atoms with Crippen molar-refractivity contribution in [3.8, 4) is 22.5 Å². The molecule has 3 aromatic carbocycles. The van der Waals surface area contributed by atoms with Crippen molar-refractivity contribution in [3.05, 3.63) is 78.4 Å². The van der Waals surface area contributed by atoms with Crippen molar-refractivity contribution in [2.75, 3.05) is 0 Å². The summed E-state index contributed by atoms with van der Waals surface area (Å²) in [6.45, 7) is 0. The molecule has 0 fully saturated rings. The third-order valence-electron chi connectivity index (χ3n) is 4.33. The number of aromatic nitrogens is 2. The first kappa shape index (κ1) is 17.3. The molecule has 5 rings (SSSR count). The summed E-state index contributed by atoms with van der Waals surface area (Å²) >= 11 is -0.757. The van der Waals surface area contributed by atoms with E-state index in [9.17, 15) is 0 Å². The van der Waals surface area contributed by atoms with E-state index in [-0.39, 0.29) is 15.7 Å². The zero-order chi connectivity index (χ0) is 17.3. The van der Waals surface area contributed by atoms with Crippen molar-refractivity contribution in [2.45, 2.75) is 0 Å². The van der Waals surface area contributed by atoms with Gasteiger partial charge in [-0.3, -0.25) is 0 Å². The Morgan fingerprint density at radius 1 is 0.731 bits per heavy atom. The number of nitrogens with zero attached hydrogens (tertiary/aromatic N) is 2. The predicted molar refractivity (Wildman–Crippen MR) is 95.2 cm³/mol. The van der Waals surface area contributed by atoms with Gasteiger partial charge in [-0.05, 0) is 0 Å². The molecule has 2 heterocycles. The van der Waals surface area contributed by atoms with Crippen LogP contribution in [0.4, 0.5) is 0 Å². The molecule has 26 heavy (non-hydrogen) atoms. The zero-order valence-electron chi connectivity index (χ0n) is 13.8. The monoisotopic (exact) mass is 766 g/mol. The number of hydrogen-bond acceptors (Lipinski definition) is 2. The van der Waals surface area contributed by atoms with Crippen LogP contribution in [0.15, 0.2) is 72.8 Å². The summed E-state index contributed by atoms with van der Waals surface area (Å²) in [7, 11) is 0.786. The Morgan fingerprint density at radius 3 is 1.92 bits per heavy atom. The maximum atomic E-state index is 5.11. The Morgan fingerprint density at radius 2 is 1.31 bits per heavy atom. The van der Waals surface area contributed by atoms with Crippen LogP contribution in [0.1, 0.15) is 5.56 Å². The molecule has 0 bridgehead atoms. The summed E-state index contributed by atoms with van der Waals surface area (Å²) < 4.78 is 4.27. The summed E-state index contributed by atoms with van der Waals surface area (Å²) in [4.78, 5) is 10.2. The first-order chi connectivity index (χ1) is 12.9. The first-order valence-electron chi connectivity index (χ1n) is 8.30. The molecule has 122 valence electrons. The van der Waals surface area contributed by atoms with Crippen molar-refractivity contribution in [1.29, 1.82) is 0 Å². The van der Waals surface area contributed by atoms with E-state index in [0.717, 1.165) is 41.4 Å². The van der Waals surface area contributed by atoms with E-state index >= 15 is 0 Å². The van der Waals surface area contributed by atoms with Crippen molar-refractivity contribution in [3.63, 3.8) is 0 Å². The second kappa shape index (κ2) is 7.67. The number of fused-ring (bicyclic) bond motifs is 2. The SMILES string of the molecule is [CH]1=[W][V]=[U][c]2cc3nc(-c4ccccc4)c(-c4ccccc4)nc3cc21. The van der Waals surface area contributed by atoms with Crippen LogP contribution in [0.2, 0.25) is 0 Å². The fraction of sp³-hybridized carbons (Fsp3) is 0. The average Bonchev–Trinajstić information content (AvgIpc) is 2.72. The Hall–Kier alpha value is -0.805. The van der Waals surface area contributed by atoms with Gasteiger partial charge in [0.15, 0.2) is 0 Å². The zero-order valence-corrected chi connectivity index (χ0v) is 22.2. The molecule has 0 aliphatic carbocycles. The summed E-state index contributed by atoms with van der Waals surface area (Å²) in [5.74, 6) is 0. The average molecular weight is 766 g/mol. The van der Waals surface area contributed by atoms with Gasteiger partial charge in [0.05, 0.1) is 0 Å².